The van der Waals surface area contributed by atoms with E-state index in [4.69, 9.17) is 9.31 Å². The molecule has 0 spiro atoms. The molecule has 0 aromatic heterocycles. The molecule has 136 valence electrons. The first-order valence-corrected chi connectivity index (χ1v) is 9.60. The fourth-order valence-electron chi connectivity index (χ4n) is 2.45. The van der Waals surface area contributed by atoms with Gasteiger partial charge in [0.1, 0.15) is 6.07 Å². The van der Waals surface area contributed by atoms with E-state index in [1.807, 2.05) is 33.8 Å². The number of nitrogens with one attached hydrogen (secondary N) is 1. The van der Waals surface area contributed by atoms with Gasteiger partial charge in [-0.2, -0.15) is 5.26 Å². The van der Waals surface area contributed by atoms with Gasteiger partial charge in [-0.25, -0.2) is 13.1 Å². The number of hydrogen-bond donors (Lipinski definition) is 1. The van der Waals surface area contributed by atoms with Crippen molar-refractivity contribution in [2.45, 2.75) is 70.1 Å². The highest BCUT2D eigenvalue weighted by molar-refractivity contribution is 7.89. The van der Waals surface area contributed by atoms with Crippen LogP contribution in [-0.2, 0) is 19.3 Å². The molecule has 1 N–H and O–H groups in total. The third kappa shape index (κ3) is 4.06. The van der Waals surface area contributed by atoms with Crippen LogP contribution in [0.3, 0.4) is 0 Å². The first kappa shape index (κ1) is 19.9. The molecule has 1 aromatic carbocycles. The van der Waals surface area contributed by atoms with Crippen molar-refractivity contribution in [3.63, 3.8) is 0 Å². The van der Waals surface area contributed by atoms with E-state index in [1.54, 1.807) is 26.8 Å². The zero-order chi connectivity index (χ0) is 19.3. The van der Waals surface area contributed by atoms with Crippen molar-refractivity contribution in [2.75, 3.05) is 0 Å². The van der Waals surface area contributed by atoms with Crippen molar-refractivity contribution in [1.82, 2.24) is 4.72 Å². The van der Waals surface area contributed by atoms with Gasteiger partial charge in [-0.15, -0.1) is 0 Å². The summed E-state index contributed by atoms with van der Waals surface area (Å²) < 4.78 is 39.6. The van der Waals surface area contributed by atoms with Gasteiger partial charge in [-0.05, 0) is 66.1 Å². The maximum atomic E-state index is 12.5. The molecule has 0 saturated carbocycles. The van der Waals surface area contributed by atoms with Gasteiger partial charge in [0.05, 0.1) is 21.7 Å². The molecular formula is C17H25BN2O4S. The van der Waals surface area contributed by atoms with Crippen LogP contribution >= 0.6 is 0 Å². The van der Waals surface area contributed by atoms with Crippen molar-refractivity contribution in [3.8, 4) is 6.07 Å². The van der Waals surface area contributed by atoms with Gasteiger partial charge in [0.15, 0.2) is 0 Å². The molecule has 0 amide bonds. The summed E-state index contributed by atoms with van der Waals surface area (Å²) in [6.45, 7) is 13.0. The van der Waals surface area contributed by atoms with Gasteiger partial charge in [0.2, 0.25) is 10.0 Å². The smallest absolute Gasteiger partial charge is 0.399 e. The molecule has 0 radical (unpaired) electrons. The number of nitriles is 1. The van der Waals surface area contributed by atoms with Gasteiger partial charge in [0.25, 0.3) is 0 Å². The van der Waals surface area contributed by atoms with Crippen LogP contribution in [0, 0.1) is 11.3 Å². The summed E-state index contributed by atoms with van der Waals surface area (Å²) >= 11 is 0. The van der Waals surface area contributed by atoms with Crippen molar-refractivity contribution in [2.24, 2.45) is 0 Å². The molecule has 1 aromatic rings. The van der Waals surface area contributed by atoms with Crippen LogP contribution in [0.2, 0.25) is 0 Å². The predicted molar refractivity (Wildman–Crippen MR) is 96.9 cm³/mol. The van der Waals surface area contributed by atoms with Crippen LogP contribution in [0.4, 0.5) is 0 Å². The topological polar surface area (TPSA) is 88.4 Å². The molecular weight excluding hydrogens is 339 g/mol. The van der Waals surface area contributed by atoms with E-state index < -0.39 is 33.9 Å². The molecule has 0 bridgehead atoms. The maximum absolute atomic E-state index is 12.5. The van der Waals surface area contributed by atoms with Crippen LogP contribution in [0.15, 0.2) is 23.1 Å². The molecule has 25 heavy (non-hydrogen) atoms. The van der Waals surface area contributed by atoms with Gasteiger partial charge < -0.3 is 9.31 Å². The lowest BCUT2D eigenvalue weighted by atomic mass is 9.78. The summed E-state index contributed by atoms with van der Waals surface area (Å²) in [5, 5.41) is 9.43. The lowest BCUT2D eigenvalue weighted by Gasteiger charge is -2.32. The van der Waals surface area contributed by atoms with E-state index in [1.165, 1.54) is 12.1 Å². The molecule has 1 aliphatic heterocycles. The minimum absolute atomic E-state index is 0.0507. The number of hydrogen-bond acceptors (Lipinski definition) is 5. The lowest BCUT2D eigenvalue weighted by Crippen LogP contribution is -2.41. The maximum Gasteiger partial charge on any atom is 0.494 e. The monoisotopic (exact) mass is 364 g/mol. The summed E-state index contributed by atoms with van der Waals surface area (Å²) in [5.41, 5.74) is -0.990. The van der Waals surface area contributed by atoms with E-state index >= 15 is 0 Å². The highest BCUT2D eigenvalue weighted by Crippen LogP contribution is 2.36. The van der Waals surface area contributed by atoms with Crippen molar-refractivity contribution < 1.29 is 17.7 Å². The van der Waals surface area contributed by atoms with Gasteiger partial charge in [-0.1, -0.05) is 6.07 Å². The SMILES string of the molecule is CC(C)(C)NS(=O)(=O)c1ccc(B2OC(C)(C)C(C)(C)O2)cc1C#N. The number of sulfonamides is 1. The zero-order valence-electron chi connectivity index (χ0n) is 15.8. The third-order valence-electron chi connectivity index (χ3n) is 4.38. The Hall–Kier alpha value is -1.40. The standard InChI is InChI=1S/C17H25BN2O4S/c1-15(2,3)20-25(21,22)14-9-8-13(10-12(14)11-19)18-23-16(4,5)17(6,7)24-18/h8-10,20H,1-7H3. The van der Waals surface area contributed by atoms with E-state index in [-0.39, 0.29) is 10.5 Å². The van der Waals surface area contributed by atoms with Crippen molar-refractivity contribution in [3.05, 3.63) is 23.8 Å². The Kier molecular flexibility index (Phi) is 4.86. The molecule has 1 heterocycles. The fourth-order valence-corrected chi connectivity index (χ4v) is 4.01. The van der Waals surface area contributed by atoms with Crippen LogP contribution in [0.1, 0.15) is 54.0 Å². The molecule has 1 fully saturated rings. The average Bonchev–Trinajstić information content (AvgIpc) is 2.64. The van der Waals surface area contributed by atoms with Gasteiger partial charge in [-0.3, -0.25) is 0 Å². The van der Waals surface area contributed by atoms with Crippen molar-refractivity contribution in [1.29, 1.82) is 5.26 Å². The first-order valence-electron chi connectivity index (χ1n) is 8.12. The number of benzene rings is 1. The Labute approximate surface area is 150 Å². The Morgan fingerprint density at radius 1 is 1.12 bits per heavy atom. The van der Waals surface area contributed by atoms with Crippen LogP contribution < -0.4 is 10.2 Å². The molecule has 0 aliphatic carbocycles. The Morgan fingerprint density at radius 2 is 1.64 bits per heavy atom. The first-order chi connectivity index (χ1) is 11.2. The van der Waals surface area contributed by atoms with Gasteiger partial charge in [0, 0.05) is 5.54 Å². The molecule has 8 heteroatoms. The van der Waals surface area contributed by atoms with E-state index in [9.17, 15) is 13.7 Å². The summed E-state index contributed by atoms with van der Waals surface area (Å²) in [7, 11) is -4.45. The van der Waals surface area contributed by atoms with E-state index in [0.29, 0.717) is 5.46 Å². The fraction of sp³-hybridized carbons (Fsp3) is 0.588. The number of rotatable bonds is 3. The summed E-state index contributed by atoms with van der Waals surface area (Å²) in [4.78, 5) is -0.0507. The van der Waals surface area contributed by atoms with E-state index in [0.717, 1.165) is 0 Å². The Morgan fingerprint density at radius 3 is 2.08 bits per heavy atom. The normalized spacial score (nSPS) is 19.7. The molecule has 0 unspecified atom stereocenters. The van der Waals surface area contributed by atoms with Crippen LogP contribution in [0.5, 0.6) is 0 Å². The molecule has 0 atom stereocenters. The Balaban J connectivity index is 2.41. The third-order valence-corrected chi connectivity index (χ3v) is 6.20. The molecule has 2 rings (SSSR count). The zero-order valence-corrected chi connectivity index (χ0v) is 16.6. The minimum Gasteiger partial charge on any atom is -0.399 e. The highest BCUT2D eigenvalue weighted by atomic mass is 32.2. The second-order valence-corrected chi connectivity index (χ2v) is 9.96. The van der Waals surface area contributed by atoms with Crippen molar-refractivity contribution >= 4 is 22.6 Å². The largest absolute Gasteiger partial charge is 0.494 e. The van der Waals surface area contributed by atoms with Crippen LogP contribution in [0.25, 0.3) is 0 Å². The summed E-state index contributed by atoms with van der Waals surface area (Å²) in [6.07, 6.45) is 0. The second-order valence-electron chi connectivity index (χ2n) is 8.31. The summed E-state index contributed by atoms with van der Waals surface area (Å²) in [5.74, 6) is 0. The molecule has 1 aliphatic rings. The molecule has 1 saturated heterocycles. The lowest BCUT2D eigenvalue weighted by molar-refractivity contribution is 0.00578. The molecule has 6 nitrogen and oxygen atoms in total. The quantitative estimate of drug-likeness (QED) is 0.828. The Bertz CT molecular complexity index is 804. The van der Waals surface area contributed by atoms with Crippen LogP contribution in [-0.4, -0.2) is 32.3 Å². The second kappa shape index (κ2) is 6.10. The highest BCUT2D eigenvalue weighted by Gasteiger charge is 2.51. The predicted octanol–water partition coefficient (Wildman–Crippen LogP) is 1.93. The van der Waals surface area contributed by atoms with Gasteiger partial charge >= 0.3 is 7.12 Å². The average molecular weight is 364 g/mol. The van der Waals surface area contributed by atoms with E-state index in [2.05, 4.69) is 4.72 Å². The minimum atomic E-state index is -3.80. The summed E-state index contributed by atoms with van der Waals surface area (Å²) in [6, 6.07) is 6.52. The number of nitrogens with zero attached hydrogens (tertiary/aromatic N) is 1.